The van der Waals surface area contributed by atoms with Crippen molar-refractivity contribution < 1.29 is 4.74 Å². The zero-order valence-corrected chi connectivity index (χ0v) is 12.2. The van der Waals surface area contributed by atoms with E-state index in [0.717, 1.165) is 12.2 Å². The van der Waals surface area contributed by atoms with E-state index in [1.807, 2.05) is 0 Å². The highest BCUT2D eigenvalue weighted by molar-refractivity contribution is 5.50. The van der Waals surface area contributed by atoms with E-state index in [-0.39, 0.29) is 5.41 Å². The third kappa shape index (κ3) is 1.77. The minimum atomic E-state index is 0.217. The van der Waals surface area contributed by atoms with Gasteiger partial charge in [-0.3, -0.25) is 0 Å². The van der Waals surface area contributed by atoms with Crippen LogP contribution in [-0.4, -0.2) is 25.6 Å². The van der Waals surface area contributed by atoms with Gasteiger partial charge in [-0.2, -0.15) is 0 Å². The molecule has 1 aromatic rings. The first-order valence-electron chi connectivity index (χ1n) is 7.30. The fourth-order valence-electron chi connectivity index (χ4n) is 3.92. The molecular formula is C17H23NO. The van der Waals surface area contributed by atoms with E-state index in [1.54, 1.807) is 7.11 Å². The number of piperidine rings is 1. The van der Waals surface area contributed by atoms with Crippen LogP contribution in [0.25, 0.3) is 0 Å². The van der Waals surface area contributed by atoms with E-state index in [2.05, 4.69) is 43.1 Å². The van der Waals surface area contributed by atoms with Crippen LogP contribution in [0.1, 0.15) is 37.3 Å². The zero-order valence-electron chi connectivity index (χ0n) is 12.2. The number of ether oxygens (including phenoxy) is 1. The average molecular weight is 257 g/mol. The van der Waals surface area contributed by atoms with Gasteiger partial charge >= 0.3 is 0 Å². The van der Waals surface area contributed by atoms with Gasteiger partial charge in [0, 0.05) is 24.7 Å². The fourth-order valence-corrected chi connectivity index (χ4v) is 3.92. The third-order valence-corrected chi connectivity index (χ3v) is 4.95. The number of hydrogen-bond donors (Lipinski definition) is 0. The van der Waals surface area contributed by atoms with Crippen molar-refractivity contribution in [2.75, 3.05) is 20.7 Å². The number of allylic oxidation sites excluding steroid dienone is 2. The van der Waals surface area contributed by atoms with Crippen LogP contribution in [-0.2, 0) is 11.8 Å². The van der Waals surface area contributed by atoms with Gasteiger partial charge in [-0.05, 0) is 48.9 Å². The third-order valence-electron chi connectivity index (χ3n) is 4.95. The average Bonchev–Trinajstić information content (AvgIpc) is 2.46. The summed E-state index contributed by atoms with van der Waals surface area (Å²) in [6, 6.07) is 6.60. The summed E-state index contributed by atoms with van der Waals surface area (Å²) < 4.78 is 5.44. The Morgan fingerprint density at radius 3 is 2.95 bits per heavy atom. The van der Waals surface area contributed by atoms with Gasteiger partial charge in [0.1, 0.15) is 5.75 Å². The predicted molar refractivity (Wildman–Crippen MR) is 78.6 cm³/mol. The minimum absolute atomic E-state index is 0.217. The van der Waals surface area contributed by atoms with Crippen LogP contribution in [0.5, 0.6) is 5.75 Å². The van der Waals surface area contributed by atoms with Crippen LogP contribution in [0, 0.1) is 0 Å². The Hall–Kier alpha value is -1.44. The standard InChI is InChI=1S/C17H23NO/c1-4-17-10-5-11-18(2)16(17)9-7-13-6-8-14(19-3)12-15(13)17/h6,8-9,12H,4-5,7,10-11H2,1-3H3/t17-/m1/s1. The van der Waals surface area contributed by atoms with Gasteiger partial charge in [-0.15, -0.1) is 0 Å². The Morgan fingerprint density at radius 2 is 2.21 bits per heavy atom. The topological polar surface area (TPSA) is 12.5 Å². The molecule has 2 nitrogen and oxygen atoms in total. The smallest absolute Gasteiger partial charge is 0.119 e. The lowest BCUT2D eigenvalue weighted by molar-refractivity contribution is 0.233. The Kier molecular flexibility index (Phi) is 3.04. The maximum absolute atomic E-state index is 5.44. The fraction of sp³-hybridized carbons (Fsp3) is 0.529. The highest BCUT2D eigenvalue weighted by atomic mass is 16.5. The molecule has 2 aliphatic rings. The molecule has 0 N–H and O–H groups in total. The molecule has 1 aliphatic carbocycles. The molecule has 0 bridgehead atoms. The highest BCUT2D eigenvalue weighted by Gasteiger charge is 2.42. The SMILES string of the molecule is CC[C@]12CCCN(C)C1=CCc1ccc(OC)cc12. The first-order valence-corrected chi connectivity index (χ1v) is 7.30. The molecule has 0 aromatic heterocycles. The predicted octanol–water partition coefficient (Wildman–Crippen LogP) is 3.51. The van der Waals surface area contributed by atoms with Crippen molar-refractivity contribution in [3.05, 3.63) is 41.1 Å². The molecule has 1 aliphatic heterocycles. The first kappa shape index (κ1) is 12.6. The number of likely N-dealkylation sites (tertiary alicyclic amines) is 1. The number of methoxy groups -OCH3 is 1. The molecule has 0 saturated carbocycles. The van der Waals surface area contributed by atoms with Crippen molar-refractivity contribution in [1.82, 2.24) is 4.90 Å². The molecule has 102 valence electrons. The van der Waals surface area contributed by atoms with Crippen LogP contribution < -0.4 is 4.74 Å². The number of rotatable bonds is 2. The van der Waals surface area contributed by atoms with Gasteiger partial charge in [-0.1, -0.05) is 19.1 Å². The van der Waals surface area contributed by atoms with E-state index >= 15 is 0 Å². The lowest BCUT2D eigenvalue weighted by Crippen LogP contribution is -2.43. The second kappa shape index (κ2) is 4.59. The quantitative estimate of drug-likeness (QED) is 0.804. The molecular weight excluding hydrogens is 234 g/mol. The normalized spacial score (nSPS) is 25.4. The Morgan fingerprint density at radius 1 is 1.37 bits per heavy atom. The van der Waals surface area contributed by atoms with E-state index < -0.39 is 0 Å². The molecule has 1 heterocycles. The molecule has 0 radical (unpaired) electrons. The Bertz CT molecular complexity index is 520. The van der Waals surface area contributed by atoms with Crippen LogP contribution in [0.2, 0.25) is 0 Å². The number of nitrogens with zero attached hydrogens (tertiary/aromatic N) is 1. The molecule has 1 saturated heterocycles. The summed E-state index contributed by atoms with van der Waals surface area (Å²) in [4.78, 5) is 2.45. The lowest BCUT2D eigenvalue weighted by atomic mass is 9.65. The van der Waals surface area contributed by atoms with E-state index in [1.165, 1.54) is 42.6 Å². The monoisotopic (exact) mass is 257 g/mol. The van der Waals surface area contributed by atoms with Gasteiger partial charge in [0.25, 0.3) is 0 Å². The van der Waals surface area contributed by atoms with Crippen molar-refractivity contribution in [2.24, 2.45) is 0 Å². The molecule has 1 fully saturated rings. The van der Waals surface area contributed by atoms with Gasteiger partial charge in [0.2, 0.25) is 0 Å². The molecule has 19 heavy (non-hydrogen) atoms. The Labute approximate surface area is 116 Å². The van der Waals surface area contributed by atoms with Crippen LogP contribution in [0.3, 0.4) is 0 Å². The lowest BCUT2D eigenvalue weighted by Gasteiger charge is -2.48. The van der Waals surface area contributed by atoms with Crippen molar-refractivity contribution >= 4 is 0 Å². The summed E-state index contributed by atoms with van der Waals surface area (Å²) in [5, 5.41) is 0. The largest absolute Gasteiger partial charge is 0.497 e. The van der Waals surface area contributed by atoms with Gasteiger partial charge in [0.05, 0.1) is 7.11 Å². The number of fused-ring (bicyclic) bond motifs is 3. The molecule has 0 unspecified atom stereocenters. The molecule has 2 heteroatoms. The van der Waals surface area contributed by atoms with Crippen molar-refractivity contribution in [1.29, 1.82) is 0 Å². The Balaban J connectivity index is 2.16. The van der Waals surface area contributed by atoms with E-state index in [9.17, 15) is 0 Å². The molecule has 1 atom stereocenters. The maximum Gasteiger partial charge on any atom is 0.119 e. The highest BCUT2D eigenvalue weighted by Crippen LogP contribution is 2.48. The summed E-state index contributed by atoms with van der Waals surface area (Å²) in [5.41, 5.74) is 4.72. The van der Waals surface area contributed by atoms with E-state index in [4.69, 9.17) is 4.74 Å². The molecule has 0 spiro atoms. The minimum Gasteiger partial charge on any atom is -0.497 e. The van der Waals surface area contributed by atoms with Gasteiger partial charge in [0.15, 0.2) is 0 Å². The summed E-state index contributed by atoms with van der Waals surface area (Å²) in [6.07, 6.45) is 7.21. The van der Waals surface area contributed by atoms with Crippen LogP contribution >= 0.6 is 0 Å². The molecule has 3 rings (SSSR count). The first-order chi connectivity index (χ1) is 9.21. The maximum atomic E-state index is 5.44. The summed E-state index contributed by atoms with van der Waals surface area (Å²) in [6.45, 7) is 3.51. The number of hydrogen-bond acceptors (Lipinski definition) is 2. The van der Waals surface area contributed by atoms with E-state index in [0.29, 0.717) is 0 Å². The molecule has 1 aromatic carbocycles. The zero-order chi connectivity index (χ0) is 13.5. The van der Waals surface area contributed by atoms with Gasteiger partial charge < -0.3 is 9.64 Å². The second-order valence-corrected chi connectivity index (χ2v) is 5.78. The summed E-state index contributed by atoms with van der Waals surface area (Å²) >= 11 is 0. The summed E-state index contributed by atoms with van der Waals surface area (Å²) in [5.74, 6) is 0.987. The van der Waals surface area contributed by atoms with Crippen LogP contribution in [0.4, 0.5) is 0 Å². The second-order valence-electron chi connectivity index (χ2n) is 5.78. The van der Waals surface area contributed by atoms with Crippen LogP contribution in [0.15, 0.2) is 30.0 Å². The molecule has 0 amide bonds. The van der Waals surface area contributed by atoms with Crippen molar-refractivity contribution in [3.8, 4) is 5.75 Å². The number of likely N-dealkylation sites (N-methyl/N-ethyl adjacent to an activating group) is 1. The van der Waals surface area contributed by atoms with Crippen molar-refractivity contribution in [3.63, 3.8) is 0 Å². The van der Waals surface area contributed by atoms with Crippen molar-refractivity contribution in [2.45, 2.75) is 38.0 Å². The van der Waals surface area contributed by atoms with Gasteiger partial charge in [-0.25, -0.2) is 0 Å². The summed E-state index contributed by atoms with van der Waals surface area (Å²) in [7, 11) is 3.99. The number of benzene rings is 1.